The van der Waals surface area contributed by atoms with E-state index in [0.29, 0.717) is 17.7 Å². The molecule has 20 heavy (non-hydrogen) atoms. The monoisotopic (exact) mass is 296 g/mol. The Labute approximate surface area is 122 Å². The molecule has 110 valence electrons. The van der Waals surface area contributed by atoms with Gasteiger partial charge in [0.15, 0.2) is 0 Å². The van der Waals surface area contributed by atoms with Crippen LogP contribution in [0.25, 0.3) is 0 Å². The molecular weight excluding hydrogens is 276 g/mol. The topological polar surface area (TPSA) is 78.6 Å². The van der Waals surface area contributed by atoms with E-state index in [0.717, 1.165) is 6.42 Å². The fraction of sp³-hybridized carbons (Fsp3) is 0.500. The molecule has 0 saturated heterocycles. The number of hydrogen-bond acceptors (Lipinski definition) is 4. The molecule has 6 heteroatoms. The first kappa shape index (κ1) is 16.7. The smallest absolute Gasteiger partial charge is 0.270 e. The summed E-state index contributed by atoms with van der Waals surface area (Å²) in [5.41, 5.74) is 1.34. The predicted octanol–water partition coefficient (Wildman–Crippen LogP) is 3.65. The van der Waals surface area contributed by atoms with Crippen molar-refractivity contribution in [3.8, 4) is 0 Å². The van der Waals surface area contributed by atoms with E-state index in [1.807, 2.05) is 27.7 Å². The highest BCUT2D eigenvalue weighted by atomic mass is 32.2. The maximum atomic E-state index is 12.1. The van der Waals surface area contributed by atoms with Crippen LogP contribution in [0.1, 0.15) is 46.1 Å². The molecule has 0 aliphatic heterocycles. The van der Waals surface area contributed by atoms with Gasteiger partial charge in [-0.15, -0.1) is 0 Å². The van der Waals surface area contributed by atoms with E-state index >= 15 is 0 Å². The fourth-order valence-corrected chi connectivity index (χ4v) is 2.19. The Morgan fingerprint density at radius 2 is 2.05 bits per heavy atom. The summed E-state index contributed by atoms with van der Waals surface area (Å²) in [5, 5.41) is 10.8. The van der Waals surface area contributed by atoms with Gasteiger partial charge in [0.1, 0.15) is 16.1 Å². The maximum Gasteiger partial charge on any atom is 0.270 e. The third-order valence-corrected chi connectivity index (χ3v) is 4.03. The Bertz CT molecular complexity index is 509. The van der Waals surface area contributed by atoms with Gasteiger partial charge in [-0.2, -0.15) is 0 Å². The number of benzene rings is 1. The van der Waals surface area contributed by atoms with Gasteiger partial charge in [0.05, 0.1) is 10.6 Å². The number of non-ortho nitro benzene ring substituents is 1. The predicted molar refractivity (Wildman–Crippen MR) is 82.4 cm³/mol. The zero-order chi connectivity index (χ0) is 15.3. The minimum atomic E-state index is -1.37. The summed E-state index contributed by atoms with van der Waals surface area (Å²) in [4.78, 5) is 10.4. The van der Waals surface area contributed by atoms with Gasteiger partial charge in [-0.25, -0.2) is 0 Å². The van der Waals surface area contributed by atoms with Gasteiger partial charge in [0, 0.05) is 17.7 Å². The molecule has 1 aromatic carbocycles. The molecular formula is C14H20N2O3S. The molecule has 0 amide bonds. The molecule has 1 aromatic rings. The van der Waals surface area contributed by atoms with E-state index in [4.69, 9.17) is 0 Å². The minimum Gasteiger partial charge on any atom is -0.591 e. The SMILES string of the molecule is CCCC(=N[S+]([O-])C(C)(C)C)c1cccc([N+](=O)[O-])c1. The van der Waals surface area contributed by atoms with Crippen LogP contribution in [0.4, 0.5) is 5.69 Å². The number of nitro benzene ring substituents is 1. The molecule has 0 aliphatic rings. The van der Waals surface area contributed by atoms with E-state index in [9.17, 15) is 14.7 Å². The van der Waals surface area contributed by atoms with Gasteiger partial charge in [-0.1, -0.05) is 29.9 Å². The molecule has 0 N–H and O–H groups in total. The van der Waals surface area contributed by atoms with Crippen molar-refractivity contribution >= 4 is 22.8 Å². The molecule has 0 aromatic heterocycles. The second-order valence-corrected chi connectivity index (χ2v) is 7.36. The average Bonchev–Trinajstić information content (AvgIpc) is 2.37. The number of rotatable bonds is 5. The third-order valence-electron chi connectivity index (χ3n) is 2.59. The van der Waals surface area contributed by atoms with Crippen molar-refractivity contribution in [2.45, 2.75) is 45.3 Å². The summed E-state index contributed by atoms with van der Waals surface area (Å²) >= 11 is -1.37. The minimum absolute atomic E-state index is 0.0212. The lowest BCUT2D eigenvalue weighted by Crippen LogP contribution is -2.27. The first-order chi connectivity index (χ1) is 9.25. The Hall–Kier alpha value is -1.40. The van der Waals surface area contributed by atoms with Gasteiger partial charge < -0.3 is 4.55 Å². The van der Waals surface area contributed by atoms with E-state index in [1.165, 1.54) is 12.1 Å². The van der Waals surface area contributed by atoms with Gasteiger partial charge in [0.25, 0.3) is 5.69 Å². The molecule has 0 spiro atoms. The average molecular weight is 296 g/mol. The molecule has 1 unspecified atom stereocenters. The summed E-state index contributed by atoms with van der Waals surface area (Å²) in [7, 11) is 0. The maximum absolute atomic E-state index is 12.1. The van der Waals surface area contributed by atoms with Crippen LogP contribution in [0.3, 0.4) is 0 Å². The molecule has 0 aliphatic carbocycles. The molecule has 0 bridgehead atoms. The molecule has 1 rings (SSSR count). The molecule has 5 nitrogen and oxygen atoms in total. The van der Waals surface area contributed by atoms with Crippen molar-refractivity contribution in [1.29, 1.82) is 0 Å². The third kappa shape index (κ3) is 4.61. The van der Waals surface area contributed by atoms with E-state index in [2.05, 4.69) is 4.40 Å². The summed E-state index contributed by atoms with van der Waals surface area (Å²) in [6.07, 6.45) is 1.48. The Balaban J connectivity index is 3.17. The highest BCUT2D eigenvalue weighted by Crippen LogP contribution is 2.21. The van der Waals surface area contributed by atoms with Crippen LogP contribution < -0.4 is 0 Å². The molecule has 0 radical (unpaired) electrons. The number of nitro groups is 1. The molecule has 1 atom stereocenters. The van der Waals surface area contributed by atoms with Crippen molar-refractivity contribution in [3.05, 3.63) is 39.9 Å². The van der Waals surface area contributed by atoms with Crippen LogP contribution in [0.15, 0.2) is 28.7 Å². The quantitative estimate of drug-likeness (QED) is 0.360. The Kier molecular flexibility index (Phi) is 5.71. The summed E-state index contributed by atoms with van der Waals surface area (Å²) in [5.74, 6) is 0. The van der Waals surface area contributed by atoms with Gasteiger partial charge >= 0.3 is 0 Å². The van der Waals surface area contributed by atoms with Gasteiger partial charge in [0.2, 0.25) is 0 Å². The van der Waals surface area contributed by atoms with Crippen molar-refractivity contribution in [2.24, 2.45) is 4.40 Å². The molecule has 0 fully saturated rings. The normalized spacial score (nSPS) is 14.2. The van der Waals surface area contributed by atoms with Crippen LogP contribution in [0.2, 0.25) is 0 Å². The second-order valence-electron chi connectivity index (χ2n) is 5.46. The summed E-state index contributed by atoms with van der Waals surface area (Å²) < 4.78 is 16.0. The zero-order valence-corrected chi connectivity index (χ0v) is 13.1. The van der Waals surface area contributed by atoms with Crippen LogP contribution >= 0.6 is 0 Å². The molecule has 0 heterocycles. The van der Waals surface area contributed by atoms with Crippen LogP contribution in [0.5, 0.6) is 0 Å². The first-order valence-electron chi connectivity index (χ1n) is 6.50. The highest BCUT2D eigenvalue weighted by molar-refractivity contribution is 7.91. The van der Waals surface area contributed by atoms with E-state index in [-0.39, 0.29) is 5.69 Å². The van der Waals surface area contributed by atoms with Crippen molar-refractivity contribution in [1.82, 2.24) is 0 Å². The zero-order valence-electron chi connectivity index (χ0n) is 12.3. The Morgan fingerprint density at radius 3 is 2.55 bits per heavy atom. The number of nitrogens with zero attached hydrogens (tertiary/aromatic N) is 2. The lowest BCUT2D eigenvalue weighted by Gasteiger charge is -2.19. The second kappa shape index (κ2) is 6.85. The van der Waals surface area contributed by atoms with Crippen LogP contribution in [-0.2, 0) is 11.4 Å². The van der Waals surface area contributed by atoms with Crippen LogP contribution in [-0.4, -0.2) is 19.9 Å². The molecule has 0 saturated carbocycles. The first-order valence-corrected chi connectivity index (χ1v) is 7.60. The van der Waals surface area contributed by atoms with Gasteiger partial charge in [-0.3, -0.25) is 10.1 Å². The van der Waals surface area contributed by atoms with Crippen LogP contribution in [0, 0.1) is 10.1 Å². The van der Waals surface area contributed by atoms with Gasteiger partial charge in [-0.05, 0) is 27.2 Å². The van der Waals surface area contributed by atoms with Crippen molar-refractivity contribution in [3.63, 3.8) is 0 Å². The Morgan fingerprint density at radius 1 is 1.40 bits per heavy atom. The summed E-state index contributed by atoms with van der Waals surface area (Å²) in [6, 6.07) is 6.31. The van der Waals surface area contributed by atoms with E-state index < -0.39 is 21.0 Å². The lowest BCUT2D eigenvalue weighted by atomic mass is 10.1. The van der Waals surface area contributed by atoms with E-state index in [1.54, 1.807) is 12.1 Å². The largest absolute Gasteiger partial charge is 0.591 e. The standard InChI is InChI=1S/C14H20N2O3S/c1-5-7-13(15-20(19)14(2,3)4)11-8-6-9-12(10-11)16(17)18/h6,8-10H,5,7H2,1-4H3. The fourth-order valence-electron chi connectivity index (χ4n) is 1.52. The van der Waals surface area contributed by atoms with Crippen molar-refractivity contribution < 1.29 is 9.48 Å². The number of hydrogen-bond donors (Lipinski definition) is 0. The summed E-state index contributed by atoms with van der Waals surface area (Å²) in [6.45, 7) is 7.55. The lowest BCUT2D eigenvalue weighted by molar-refractivity contribution is -0.384. The highest BCUT2D eigenvalue weighted by Gasteiger charge is 2.27. The van der Waals surface area contributed by atoms with Crippen molar-refractivity contribution in [2.75, 3.05) is 0 Å².